The first kappa shape index (κ1) is 27.8. The molecule has 0 spiro atoms. The fourth-order valence-corrected chi connectivity index (χ4v) is 1.16. The second kappa shape index (κ2) is 16.8. The molecular weight excluding hydrogens is 315 g/mol. The van der Waals surface area contributed by atoms with Crippen molar-refractivity contribution < 1.29 is 52.2 Å². The average Bonchev–Trinajstić information content (AvgIpc) is 2.40. The number of hydrogen-bond donors (Lipinski definition) is 0. The van der Waals surface area contributed by atoms with Crippen molar-refractivity contribution in [2.75, 3.05) is 26.4 Å². The van der Waals surface area contributed by atoms with Crippen LogP contribution in [0.3, 0.4) is 0 Å². The number of ether oxygens (including phenoxy) is 2. The Morgan fingerprint density at radius 3 is 1.48 bits per heavy atom. The maximum atomic E-state index is 12.2. The van der Waals surface area contributed by atoms with E-state index in [1.165, 1.54) is 12.1 Å². The Hall–Kier alpha value is -0.00506. The summed E-state index contributed by atoms with van der Waals surface area (Å²) < 4.78 is 46.2. The SMILES string of the molecule is CCOCC.CCOCC.[BH3-]c1cc(C)cc(C(F)(F)F)c1.[Na+]. The molecule has 0 aromatic heterocycles. The quantitative estimate of drug-likeness (QED) is 0.722. The molecule has 1 rings (SSSR count). The fraction of sp³-hybridized carbons (Fsp3) is 0.625. The van der Waals surface area contributed by atoms with E-state index >= 15 is 0 Å². The molecular formula is C16H29BF3NaO2. The van der Waals surface area contributed by atoms with Crippen molar-refractivity contribution in [3.05, 3.63) is 29.3 Å². The Morgan fingerprint density at radius 1 is 0.870 bits per heavy atom. The number of benzene rings is 1. The number of halogens is 3. The molecule has 7 heteroatoms. The van der Waals surface area contributed by atoms with Gasteiger partial charge in [-0.1, -0.05) is 17.7 Å². The fourth-order valence-electron chi connectivity index (χ4n) is 1.16. The van der Waals surface area contributed by atoms with Gasteiger partial charge in [0.2, 0.25) is 0 Å². The van der Waals surface area contributed by atoms with Crippen molar-refractivity contribution in [2.45, 2.75) is 40.8 Å². The minimum absolute atomic E-state index is 0. The molecule has 0 aliphatic heterocycles. The first-order valence-corrected chi connectivity index (χ1v) is 7.03. The van der Waals surface area contributed by atoms with Crippen LogP contribution < -0.4 is 35.0 Å². The van der Waals surface area contributed by atoms with Gasteiger partial charge in [-0.2, -0.15) is 13.2 Å². The van der Waals surface area contributed by atoms with Gasteiger partial charge in [0.05, 0.1) is 5.56 Å². The van der Waals surface area contributed by atoms with Gasteiger partial charge in [-0.15, -0.1) is 0 Å². The van der Waals surface area contributed by atoms with Crippen molar-refractivity contribution in [1.29, 1.82) is 0 Å². The largest absolute Gasteiger partial charge is 1.00 e. The van der Waals surface area contributed by atoms with Crippen LogP contribution in [-0.2, 0) is 15.7 Å². The molecule has 0 bridgehead atoms. The van der Waals surface area contributed by atoms with Crippen molar-refractivity contribution in [3.63, 3.8) is 0 Å². The van der Waals surface area contributed by atoms with Crippen LogP contribution in [0.25, 0.3) is 0 Å². The van der Waals surface area contributed by atoms with E-state index in [0.29, 0.717) is 5.56 Å². The van der Waals surface area contributed by atoms with Gasteiger partial charge in [0, 0.05) is 26.4 Å². The van der Waals surface area contributed by atoms with E-state index in [-0.39, 0.29) is 37.4 Å². The van der Waals surface area contributed by atoms with Crippen LogP contribution in [0.4, 0.5) is 13.2 Å². The molecule has 1 aromatic rings. The second-order valence-corrected chi connectivity index (χ2v) is 3.86. The molecule has 0 N–H and O–H groups in total. The second-order valence-electron chi connectivity index (χ2n) is 3.86. The Bertz CT molecular complexity index is 358. The zero-order valence-electron chi connectivity index (χ0n) is 14.5. The third-order valence-corrected chi connectivity index (χ3v) is 2.08. The average molecular weight is 344 g/mol. The predicted molar refractivity (Wildman–Crippen MR) is 90.1 cm³/mol. The maximum absolute atomic E-state index is 12.2. The topological polar surface area (TPSA) is 18.5 Å². The summed E-state index contributed by atoms with van der Waals surface area (Å²) in [5, 5.41) is 0. The molecule has 130 valence electrons. The zero-order chi connectivity index (χ0) is 17.6. The molecule has 0 fully saturated rings. The summed E-state index contributed by atoms with van der Waals surface area (Å²) in [7, 11) is -0.146. The first-order valence-electron chi connectivity index (χ1n) is 7.03. The molecule has 0 amide bonds. The Kier molecular flexibility index (Phi) is 20.4. The van der Waals surface area contributed by atoms with Crippen LogP contribution in [0.5, 0.6) is 0 Å². The van der Waals surface area contributed by atoms with Gasteiger partial charge in [-0.25, -0.2) is 5.46 Å². The van der Waals surface area contributed by atoms with Crippen LogP contribution >= 0.6 is 0 Å². The smallest absolute Gasteiger partial charge is 0.382 e. The van der Waals surface area contributed by atoms with Gasteiger partial charge >= 0.3 is 35.7 Å². The molecule has 1 aromatic carbocycles. The summed E-state index contributed by atoms with van der Waals surface area (Å²) in [6, 6.07) is 4.27. The van der Waals surface area contributed by atoms with E-state index in [9.17, 15) is 13.2 Å². The van der Waals surface area contributed by atoms with Crippen molar-refractivity contribution in [1.82, 2.24) is 0 Å². The number of alkyl halides is 3. The molecule has 2 nitrogen and oxygen atoms in total. The number of hydrogen-bond acceptors (Lipinski definition) is 2. The molecule has 23 heavy (non-hydrogen) atoms. The molecule has 0 aliphatic carbocycles. The first-order chi connectivity index (χ1) is 10.2. The van der Waals surface area contributed by atoms with Crippen LogP contribution in [-0.4, -0.2) is 34.3 Å². The van der Waals surface area contributed by atoms with Gasteiger partial charge in [-0.05, 0) is 48.5 Å². The normalized spacial score (nSPS) is 9.78. The Morgan fingerprint density at radius 2 is 1.26 bits per heavy atom. The minimum atomic E-state index is -4.19. The maximum Gasteiger partial charge on any atom is 1.00 e. The summed E-state index contributed by atoms with van der Waals surface area (Å²) in [6.07, 6.45) is -4.19. The van der Waals surface area contributed by atoms with Gasteiger partial charge in [-0.3, -0.25) is 0 Å². The van der Waals surface area contributed by atoms with Crippen molar-refractivity contribution in [3.8, 4) is 0 Å². The number of rotatable bonds is 4. The molecule has 0 saturated carbocycles. The van der Waals surface area contributed by atoms with E-state index in [1.54, 1.807) is 6.92 Å². The van der Waals surface area contributed by atoms with Gasteiger partial charge < -0.3 is 9.47 Å². The zero-order valence-corrected chi connectivity index (χ0v) is 16.5. The van der Waals surface area contributed by atoms with Gasteiger partial charge in [0.1, 0.15) is 0 Å². The molecule has 0 heterocycles. The Labute approximate surface area is 161 Å². The van der Waals surface area contributed by atoms with E-state index in [1.807, 2.05) is 33.8 Å². The van der Waals surface area contributed by atoms with Crippen LogP contribution in [0, 0.1) is 6.92 Å². The van der Waals surface area contributed by atoms with Crippen molar-refractivity contribution in [2.24, 2.45) is 0 Å². The Balaban J connectivity index is -0.000000307. The standard InChI is InChI=1S/C8H9BF3.2C4H10O.Na/c1-5-2-6(8(10,11)12)4-7(9)3-5;2*1-3-5-4-2;/h2-4H,1,9H3;2*3-4H2,1-2H3;/q-1;;;+1. The van der Waals surface area contributed by atoms with E-state index < -0.39 is 11.7 Å². The summed E-state index contributed by atoms with van der Waals surface area (Å²) in [4.78, 5) is 0. The summed E-state index contributed by atoms with van der Waals surface area (Å²) in [5.41, 5.74) is 1.09. The monoisotopic (exact) mass is 344 g/mol. The molecule has 0 atom stereocenters. The van der Waals surface area contributed by atoms with E-state index in [2.05, 4.69) is 0 Å². The number of aryl methyl sites for hydroxylation is 1. The summed E-state index contributed by atoms with van der Waals surface area (Å²) >= 11 is 0. The third kappa shape index (κ3) is 18.2. The van der Waals surface area contributed by atoms with Crippen LogP contribution in [0.1, 0.15) is 38.8 Å². The van der Waals surface area contributed by atoms with Crippen molar-refractivity contribution >= 4 is 13.3 Å². The molecule has 0 aliphatic rings. The summed E-state index contributed by atoms with van der Waals surface area (Å²) in [5.74, 6) is 0. The molecule has 0 radical (unpaired) electrons. The third-order valence-electron chi connectivity index (χ3n) is 2.08. The van der Waals surface area contributed by atoms with Crippen LogP contribution in [0.15, 0.2) is 18.2 Å². The minimum Gasteiger partial charge on any atom is -0.382 e. The molecule has 0 unspecified atom stereocenters. The van der Waals surface area contributed by atoms with Crippen LogP contribution in [0.2, 0.25) is 0 Å². The van der Waals surface area contributed by atoms with Gasteiger partial charge in [0.15, 0.2) is 0 Å². The molecule has 0 saturated heterocycles. The van der Waals surface area contributed by atoms with Gasteiger partial charge in [0.25, 0.3) is 0 Å². The summed E-state index contributed by atoms with van der Waals surface area (Å²) in [6.45, 7) is 13.0. The van der Waals surface area contributed by atoms with E-state index in [0.717, 1.165) is 31.9 Å². The van der Waals surface area contributed by atoms with E-state index in [4.69, 9.17) is 9.47 Å². The predicted octanol–water partition coefficient (Wildman–Crippen LogP) is 0.0941.